The Bertz CT molecular complexity index is 1000. The van der Waals surface area contributed by atoms with E-state index in [1.54, 1.807) is 47.4 Å². The van der Waals surface area contributed by atoms with Crippen molar-refractivity contribution in [3.63, 3.8) is 0 Å². The van der Waals surface area contributed by atoms with E-state index in [1.807, 2.05) is 0 Å². The van der Waals surface area contributed by atoms with Gasteiger partial charge in [0.2, 0.25) is 10.0 Å². The van der Waals surface area contributed by atoms with Crippen LogP contribution in [0.5, 0.6) is 5.75 Å². The van der Waals surface area contributed by atoms with Crippen LogP contribution in [0.15, 0.2) is 47.4 Å². The number of fused-ring (bicyclic) bond motifs is 1. The van der Waals surface area contributed by atoms with E-state index < -0.39 is 10.0 Å². The van der Waals surface area contributed by atoms with Crippen LogP contribution in [-0.4, -0.2) is 58.1 Å². The molecule has 2 aromatic carbocycles. The fraction of sp³-hybridized carbons (Fsp3) is 0.350. The highest BCUT2D eigenvalue weighted by molar-refractivity contribution is 7.89. The topological polar surface area (TPSA) is 76.2 Å². The van der Waals surface area contributed by atoms with Crippen LogP contribution in [-0.2, 0) is 26.0 Å². The normalized spacial score (nSPS) is 17.2. The molecule has 0 aliphatic carbocycles. The lowest BCUT2D eigenvalue weighted by molar-refractivity contribution is -0.120. The number of nitrogens with zero attached hydrogens (tertiary/aromatic N) is 2. The summed E-state index contributed by atoms with van der Waals surface area (Å²) in [5.74, 6) is 0.386. The summed E-state index contributed by atoms with van der Waals surface area (Å²) >= 11 is 5.85. The van der Waals surface area contributed by atoms with Gasteiger partial charge >= 0.3 is 0 Å². The summed E-state index contributed by atoms with van der Waals surface area (Å²) < 4.78 is 37.9. The average molecular weight is 437 g/mol. The molecule has 1 amide bonds. The molecule has 2 aromatic rings. The molecule has 2 aliphatic rings. The second-order valence-corrected chi connectivity index (χ2v) is 9.22. The maximum atomic E-state index is 12.8. The van der Waals surface area contributed by atoms with Crippen molar-refractivity contribution >= 4 is 33.2 Å². The monoisotopic (exact) mass is 436 g/mol. The van der Waals surface area contributed by atoms with Gasteiger partial charge in [-0.1, -0.05) is 11.6 Å². The largest absolute Gasteiger partial charge is 0.484 e. The predicted octanol–water partition coefficient (Wildman–Crippen LogP) is 2.33. The molecule has 1 saturated heterocycles. The number of morpholine rings is 1. The van der Waals surface area contributed by atoms with Gasteiger partial charge in [0.1, 0.15) is 5.75 Å². The molecule has 0 unspecified atom stereocenters. The van der Waals surface area contributed by atoms with Crippen LogP contribution in [0, 0.1) is 0 Å². The van der Waals surface area contributed by atoms with Crippen LogP contribution < -0.4 is 9.64 Å². The van der Waals surface area contributed by atoms with Gasteiger partial charge in [0.25, 0.3) is 5.91 Å². The molecule has 4 rings (SSSR count). The smallest absolute Gasteiger partial charge is 0.264 e. The van der Waals surface area contributed by atoms with E-state index in [4.69, 9.17) is 21.1 Å². The molecule has 1 fully saturated rings. The van der Waals surface area contributed by atoms with Gasteiger partial charge in [-0.15, -0.1) is 0 Å². The van der Waals surface area contributed by atoms with Crippen LogP contribution in [0.25, 0.3) is 0 Å². The molecule has 29 heavy (non-hydrogen) atoms. The Hall–Kier alpha value is -2.13. The standard InChI is InChI=1S/C20H21ClN2O5S/c21-16-1-3-17(4-2-16)28-14-20(24)23-8-7-15-13-18(5-6-19(15)23)29(25,26)22-9-11-27-12-10-22/h1-6,13H,7-12,14H2. The summed E-state index contributed by atoms with van der Waals surface area (Å²) in [6.45, 7) is 1.91. The minimum atomic E-state index is -3.56. The number of carbonyl (C=O) groups excluding carboxylic acids is 1. The molecule has 2 heterocycles. The minimum Gasteiger partial charge on any atom is -0.484 e. The molecule has 2 aliphatic heterocycles. The quantitative estimate of drug-likeness (QED) is 0.719. The molecule has 0 aromatic heterocycles. The lowest BCUT2D eigenvalue weighted by Gasteiger charge is -2.26. The molecular weight excluding hydrogens is 416 g/mol. The number of sulfonamides is 1. The Balaban J connectivity index is 1.46. The van der Waals surface area contributed by atoms with Crippen molar-refractivity contribution in [3.05, 3.63) is 53.1 Å². The summed E-state index contributed by atoms with van der Waals surface area (Å²) in [5, 5.41) is 0.597. The van der Waals surface area contributed by atoms with Crippen molar-refractivity contribution in [2.45, 2.75) is 11.3 Å². The van der Waals surface area contributed by atoms with Gasteiger partial charge in [-0.05, 0) is 54.4 Å². The fourth-order valence-electron chi connectivity index (χ4n) is 3.49. The van der Waals surface area contributed by atoms with Crippen LogP contribution in [0.2, 0.25) is 5.02 Å². The Morgan fingerprint density at radius 2 is 1.79 bits per heavy atom. The minimum absolute atomic E-state index is 0.102. The number of hydrogen-bond acceptors (Lipinski definition) is 5. The van der Waals surface area contributed by atoms with E-state index in [-0.39, 0.29) is 17.4 Å². The van der Waals surface area contributed by atoms with Gasteiger partial charge < -0.3 is 14.4 Å². The molecule has 0 saturated carbocycles. The maximum absolute atomic E-state index is 12.8. The molecule has 9 heteroatoms. The van der Waals surface area contributed by atoms with Crippen LogP contribution in [0.3, 0.4) is 0 Å². The summed E-state index contributed by atoms with van der Waals surface area (Å²) in [4.78, 5) is 14.5. The summed E-state index contributed by atoms with van der Waals surface area (Å²) in [6.07, 6.45) is 0.606. The highest BCUT2D eigenvalue weighted by atomic mass is 35.5. The lowest BCUT2D eigenvalue weighted by atomic mass is 10.2. The molecule has 0 atom stereocenters. The number of carbonyl (C=O) groups is 1. The van der Waals surface area contributed by atoms with Gasteiger partial charge in [0, 0.05) is 30.3 Å². The number of amides is 1. The van der Waals surface area contributed by atoms with E-state index in [0.29, 0.717) is 50.0 Å². The summed E-state index contributed by atoms with van der Waals surface area (Å²) in [7, 11) is -3.56. The second-order valence-electron chi connectivity index (χ2n) is 6.84. The number of rotatable bonds is 5. The van der Waals surface area contributed by atoms with E-state index in [2.05, 4.69) is 0 Å². The van der Waals surface area contributed by atoms with Crippen molar-refractivity contribution in [2.24, 2.45) is 0 Å². The van der Waals surface area contributed by atoms with Gasteiger partial charge in [-0.2, -0.15) is 4.31 Å². The number of halogens is 1. The highest BCUT2D eigenvalue weighted by Gasteiger charge is 2.30. The fourth-order valence-corrected chi connectivity index (χ4v) is 5.07. The number of anilines is 1. The zero-order chi connectivity index (χ0) is 20.4. The van der Waals surface area contributed by atoms with E-state index in [0.717, 1.165) is 11.3 Å². The second kappa shape index (κ2) is 8.31. The van der Waals surface area contributed by atoms with Gasteiger partial charge in [-0.3, -0.25) is 4.79 Å². The highest BCUT2D eigenvalue weighted by Crippen LogP contribution is 2.31. The van der Waals surface area contributed by atoms with Crippen molar-refractivity contribution in [1.29, 1.82) is 0 Å². The molecule has 154 valence electrons. The Labute approximate surface area is 174 Å². The van der Waals surface area contributed by atoms with Crippen LogP contribution in [0.1, 0.15) is 5.56 Å². The third-order valence-corrected chi connectivity index (χ3v) is 7.18. The van der Waals surface area contributed by atoms with Crippen molar-refractivity contribution in [1.82, 2.24) is 4.31 Å². The van der Waals surface area contributed by atoms with Crippen molar-refractivity contribution in [2.75, 3.05) is 44.4 Å². The third-order valence-electron chi connectivity index (χ3n) is 5.03. The van der Waals surface area contributed by atoms with Crippen LogP contribution >= 0.6 is 11.6 Å². The molecule has 7 nitrogen and oxygen atoms in total. The number of ether oxygens (including phenoxy) is 2. The van der Waals surface area contributed by atoms with Gasteiger partial charge in [-0.25, -0.2) is 8.42 Å². The Morgan fingerprint density at radius 3 is 2.52 bits per heavy atom. The lowest BCUT2D eigenvalue weighted by Crippen LogP contribution is -2.40. The first-order valence-corrected chi connectivity index (χ1v) is 11.2. The zero-order valence-electron chi connectivity index (χ0n) is 15.7. The van der Waals surface area contributed by atoms with Crippen LogP contribution in [0.4, 0.5) is 5.69 Å². The molecular formula is C20H21ClN2O5S. The summed E-state index contributed by atoms with van der Waals surface area (Å²) in [5.41, 5.74) is 1.58. The van der Waals surface area contributed by atoms with Gasteiger partial charge in [0.15, 0.2) is 6.61 Å². The number of hydrogen-bond donors (Lipinski definition) is 0. The van der Waals surface area contributed by atoms with Crippen molar-refractivity contribution in [3.8, 4) is 5.75 Å². The predicted molar refractivity (Wildman–Crippen MR) is 109 cm³/mol. The maximum Gasteiger partial charge on any atom is 0.264 e. The molecule has 0 radical (unpaired) electrons. The third kappa shape index (κ3) is 4.25. The zero-order valence-corrected chi connectivity index (χ0v) is 17.3. The molecule has 0 bridgehead atoms. The Morgan fingerprint density at radius 1 is 1.07 bits per heavy atom. The first-order valence-electron chi connectivity index (χ1n) is 9.35. The first-order chi connectivity index (χ1) is 13.9. The summed E-state index contributed by atoms with van der Waals surface area (Å²) in [6, 6.07) is 11.7. The van der Waals surface area contributed by atoms with E-state index in [9.17, 15) is 13.2 Å². The Kier molecular flexibility index (Phi) is 5.78. The SMILES string of the molecule is O=C(COc1ccc(Cl)cc1)N1CCc2cc(S(=O)(=O)N3CCOCC3)ccc21. The van der Waals surface area contributed by atoms with E-state index in [1.165, 1.54) is 4.31 Å². The average Bonchev–Trinajstić information content (AvgIpc) is 3.17. The van der Waals surface area contributed by atoms with E-state index >= 15 is 0 Å². The molecule has 0 N–H and O–H groups in total. The van der Waals surface area contributed by atoms with Crippen molar-refractivity contribution < 1.29 is 22.7 Å². The first kappa shape index (κ1) is 20.2. The molecule has 0 spiro atoms. The van der Waals surface area contributed by atoms with Gasteiger partial charge in [0.05, 0.1) is 18.1 Å². The number of benzene rings is 2.